The van der Waals surface area contributed by atoms with Crippen molar-refractivity contribution in [2.75, 3.05) is 5.32 Å². The summed E-state index contributed by atoms with van der Waals surface area (Å²) in [6.07, 6.45) is -2.94. The lowest BCUT2D eigenvalue weighted by atomic mass is 10.1. The van der Waals surface area contributed by atoms with Gasteiger partial charge in [0.25, 0.3) is 11.8 Å². The highest BCUT2D eigenvalue weighted by molar-refractivity contribution is 6.31. The summed E-state index contributed by atoms with van der Waals surface area (Å²) >= 11 is 5.61. The quantitative estimate of drug-likeness (QED) is 0.448. The van der Waals surface area contributed by atoms with Gasteiger partial charge in [-0.15, -0.1) is 0 Å². The molecule has 0 unspecified atom stereocenters. The van der Waals surface area contributed by atoms with E-state index >= 15 is 0 Å². The number of pyridine rings is 1. The smallest absolute Gasteiger partial charge is 0.364 e. The number of nitrogens with one attached hydrogen (secondary N) is 1. The van der Waals surface area contributed by atoms with Gasteiger partial charge in [-0.25, -0.2) is 4.98 Å². The van der Waals surface area contributed by atoms with Gasteiger partial charge in [-0.2, -0.15) is 13.2 Å². The molecule has 0 saturated carbocycles. The minimum atomic E-state index is -4.67. The van der Waals surface area contributed by atoms with Gasteiger partial charge in [0.2, 0.25) is 0 Å². The molecule has 0 aliphatic carbocycles. The van der Waals surface area contributed by atoms with Crippen LogP contribution in [0.1, 0.15) is 26.4 Å². The first-order chi connectivity index (χ1) is 15.1. The largest absolute Gasteiger partial charge is 0.417 e. The number of hydrogen-bond donors (Lipinski definition) is 2. The molecule has 10 heteroatoms. The topological polar surface area (TPSA) is 90.0 Å². The second-order valence-corrected chi connectivity index (χ2v) is 7.26. The highest BCUT2D eigenvalue weighted by atomic mass is 35.5. The Balaban J connectivity index is 1.62. The zero-order valence-corrected chi connectivity index (χ0v) is 16.9. The van der Waals surface area contributed by atoms with Crippen LogP contribution in [0.2, 0.25) is 5.02 Å². The lowest BCUT2D eigenvalue weighted by Crippen LogP contribution is -2.14. The maximum Gasteiger partial charge on any atom is 0.417 e. The number of halogens is 4. The number of hydrogen-bond acceptors (Lipinski definition) is 3. The molecule has 0 spiro atoms. The molecule has 3 N–H and O–H groups in total. The molecular weight excluding hydrogens is 445 g/mol. The first kappa shape index (κ1) is 21.4. The maximum absolute atomic E-state index is 13.1. The van der Waals surface area contributed by atoms with E-state index in [4.69, 9.17) is 17.3 Å². The summed E-state index contributed by atoms with van der Waals surface area (Å²) in [6, 6.07) is 14.6. The van der Waals surface area contributed by atoms with Crippen molar-refractivity contribution in [2.45, 2.75) is 6.18 Å². The van der Waals surface area contributed by atoms with Gasteiger partial charge in [-0.1, -0.05) is 17.7 Å². The van der Waals surface area contributed by atoms with Gasteiger partial charge >= 0.3 is 6.18 Å². The number of aromatic nitrogens is 2. The second-order valence-electron chi connectivity index (χ2n) is 6.85. The molecule has 0 saturated heterocycles. The number of carbonyl (C=O) groups excluding carboxylic acids is 2. The van der Waals surface area contributed by atoms with Crippen LogP contribution in [0, 0.1) is 0 Å². The number of nitrogens with two attached hydrogens (primary N) is 1. The number of amides is 2. The molecule has 0 bridgehead atoms. The number of anilines is 1. The Kier molecular flexibility index (Phi) is 5.35. The van der Waals surface area contributed by atoms with Gasteiger partial charge in [-0.3, -0.25) is 9.59 Å². The van der Waals surface area contributed by atoms with Gasteiger partial charge in [-0.05, 0) is 54.6 Å². The molecule has 6 nitrogen and oxygen atoms in total. The number of primary amides is 1. The number of fused-ring (bicyclic) bond motifs is 1. The average Bonchev–Trinajstić information content (AvgIpc) is 3.16. The van der Waals surface area contributed by atoms with E-state index < -0.39 is 28.6 Å². The molecule has 2 aromatic heterocycles. The third-order valence-electron chi connectivity index (χ3n) is 4.72. The van der Waals surface area contributed by atoms with E-state index in [-0.39, 0.29) is 11.3 Å². The first-order valence-electron chi connectivity index (χ1n) is 9.20. The minimum absolute atomic E-state index is 0.120. The van der Waals surface area contributed by atoms with Crippen molar-refractivity contribution in [1.82, 2.24) is 9.55 Å². The van der Waals surface area contributed by atoms with Crippen LogP contribution in [0.5, 0.6) is 0 Å². The predicted octanol–water partition coefficient (Wildman–Crippen LogP) is 5.05. The molecule has 0 aliphatic rings. The molecule has 2 amide bonds. The summed E-state index contributed by atoms with van der Waals surface area (Å²) in [5, 5.41) is 2.84. The number of alkyl halides is 3. The molecule has 0 radical (unpaired) electrons. The summed E-state index contributed by atoms with van der Waals surface area (Å²) in [7, 11) is 0. The van der Waals surface area contributed by atoms with Crippen LogP contribution in [-0.4, -0.2) is 21.4 Å². The first-order valence-corrected chi connectivity index (χ1v) is 9.58. The predicted molar refractivity (Wildman–Crippen MR) is 114 cm³/mol. The highest BCUT2D eigenvalue weighted by Crippen LogP contribution is 2.35. The molecular formula is C22H14ClF3N4O2. The van der Waals surface area contributed by atoms with Crippen LogP contribution in [0.3, 0.4) is 0 Å². The SMILES string of the molecule is NC(=O)c1cccc(-n2ccc3cc(NC(=O)c4ccc(Cl)c(C(F)(F)F)c4)ccc32)n1. The van der Waals surface area contributed by atoms with Crippen LogP contribution in [0.4, 0.5) is 18.9 Å². The Bertz CT molecular complexity index is 1370. The van der Waals surface area contributed by atoms with Crippen molar-refractivity contribution in [3.8, 4) is 5.82 Å². The van der Waals surface area contributed by atoms with Crippen molar-refractivity contribution in [2.24, 2.45) is 5.73 Å². The van der Waals surface area contributed by atoms with Gasteiger partial charge in [0.15, 0.2) is 0 Å². The molecule has 0 atom stereocenters. The van der Waals surface area contributed by atoms with Gasteiger partial charge in [0.1, 0.15) is 11.5 Å². The lowest BCUT2D eigenvalue weighted by Gasteiger charge is -2.11. The third kappa shape index (κ3) is 4.15. The summed E-state index contributed by atoms with van der Waals surface area (Å²) in [5.74, 6) is -0.875. The highest BCUT2D eigenvalue weighted by Gasteiger charge is 2.33. The van der Waals surface area contributed by atoms with Crippen LogP contribution in [-0.2, 0) is 6.18 Å². The van der Waals surface area contributed by atoms with Crippen LogP contribution in [0.15, 0.2) is 66.9 Å². The van der Waals surface area contributed by atoms with Crippen LogP contribution in [0.25, 0.3) is 16.7 Å². The number of rotatable bonds is 4. The normalized spacial score (nSPS) is 11.5. The number of benzene rings is 2. The fourth-order valence-electron chi connectivity index (χ4n) is 3.20. The third-order valence-corrected chi connectivity index (χ3v) is 5.05. The van der Waals surface area contributed by atoms with E-state index in [9.17, 15) is 22.8 Å². The van der Waals surface area contributed by atoms with Crippen LogP contribution < -0.4 is 11.1 Å². The fourth-order valence-corrected chi connectivity index (χ4v) is 3.43. The number of carbonyl (C=O) groups is 2. The van der Waals surface area contributed by atoms with Crippen molar-refractivity contribution in [3.63, 3.8) is 0 Å². The Morgan fingerprint density at radius 3 is 2.53 bits per heavy atom. The molecule has 0 aliphatic heterocycles. The Hall–Kier alpha value is -3.85. The van der Waals surface area contributed by atoms with Crippen molar-refractivity contribution < 1.29 is 22.8 Å². The molecule has 2 heterocycles. The van der Waals surface area contributed by atoms with E-state index in [1.807, 2.05) is 0 Å². The van der Waals surface area contributed by atoms with E-state index in [0.717, 1.165) is 17.0 Å². The van der Waals surface area contributed by atoms with E-state index in [1.165, 1.54) is 12.1 Å². The molecule has 4 aromatic rings. The minimum Gasteiger partial charge on any atom is -0.364 e. The Morgan fingerprint density at radius 1 is 1.03 bits per heavy atom. The van der Waals surface area contributed by atoms with Gasteiger partial charge in [0, 0.05) is 22.8 Å². The summed E-state index contributed by atoms with van der Waals surface area (Å²) < 4.78 is 40.9. The van der Waals surface area contributed by atoms with Crippen LogP contribution >= 0.6 is 11.6 Å². The molecule has 162 valence electrons. The Morgan fingerprint density at radius 2 is 1.81 bits per heavy atom. The van der Waals surface area contributed by atoms with E-state index in [2.05, 4.69) is 10.3 Å². The van der Waals surface area contributed by atoms with Gasteiger partial charge < -0.3 is 15.6 Å². The molecule has 0 fully saturated rings. The lowest BCUT2D eigenvalue weighted by molar-refractivity contribution is -0.137. The monoisotopic (exact) mass is 458 g/mol. The standard InChI is InChI=1S/C22H14ClF3N4O2/c23-16-6-4-13(11-15(16)22(24,25)26)21(32)28-14-5-7-18-12(10-14)8-9-30(18)19-3-1-2-17(29-19)20(27)31/h1-11H,(H2,27,31)(H,28,32). The summed E-state index contributed by atoms with van der Waals surface area (Å²) in [6.45, 7) is 0. The average molecular weight is 459 g/mol. The van der Waals surface area contributed by atoms with Crippen molar-refractivity contribution >= 4 is 40.0 Å². The molecule has 4 rings (SSSR count). The fraction of sp³-hybridized carbons (Fsp3) is 0.0455. The zero-order valence-electron chi connectivity index (χ0n) is 16.2. The molecule has 32 heavy (non-hydrogen) atoms. The van der Waals surface area contributed by atoms with E-state index in [1.54, 1.807) is 47.2 Å². The number of nitrogens with zero attached hydrogens (tertiary/aromatic N) is 2. The van der Waals surface area contributed by atoms with Gasteiger partial charge in [0.05, 0.1) is 16.1 Å². The van der Waals surface area contributed by atoms with E-state index in [0.29, 0.717) is 17.6 Å². The second kappa shape index (κ2) is 8.01. The van der Waals surface area contributed by atoms with Crippen molar-refractivity contribution in [1.29, 1.82) is 0 Å². The van der Waals surface area contributed by atoms with Crippen molar-refractivity contribution in [3.05, 3.63) is 88.7 Å². The zero-order chi connectivity index (χ0) is 23.0. The summed E-state index contributed by atoms with van der Waals surface area (Å²) in [5.41, 5.74) is 5.28. The molecule has 2 aromatic carbocycles. The Labute approximate surface area is 184 Å². The summed E-state index contributed by atoms with van der Waals surface area (Å²) in [4.78, 5) is 28.1. The maximum atomic E-state index is 13.1.